The molecule has 2 amide bonds. The molecular weight excluding hydrogens is 350 g/mol. The number of ether oxygens (including phenoxy) is 3. The van der Waals surface area contributed by atoms with Crippen LogP contribution in [0.15, 0.2) is 18.2 Å². The van der Waals surface area contributed by atoms with Crippen LogP contribution >= 0.6 is 0 Å². The number of morpholine rings is 1. The number of likely N-dealkylation sites (tertiary alicyclic amines) is 1. The highest BCUT2D eigenvalue weighted by Crippen LogP contribution is 2.32. The predicted octanol–water partition coefficient (Wildman–Crippen LogP) is 0.212. The number of hydrogen-bond acceptors (Lipinski definition) is 6. The summed E-state index contributed by atoms with van der Waals surface area (Å²) in [5.41, 5.74) is 0.945. The number of fused-ring (bicyclic) bond motifs is 1. The third-order valence-electron chi connectivity index (χ3n) is 5.28. The van der Waals surface area contributed by atoms with Crippen LogP contribution in [0.2, 0.25) is 0 Å². The molecule has 1 atom stereocenters. The van der Waals surface area contributed by atoms with Crippen molar-refractivity contribution in [2.45, 2.75) is 13.0 Å². The fourth-order valence-electron chi connectivity index (χ4n) is 3.64. The van der Waals surface area contributed by atoms with Crippen molar-refractivity contribution in [3.8, 4) is 11.5 Å². The Labute approximate surface area is 158 Å². The Morgan fingerprint density at radius 2 is 1.96 bits per heavy atom. The van der Waals surface area contributed by atoms with Crippen LogP contribution in [0.25, 0.3) is 0 Å². The predicted molar refractivity (Wildman–Crippen MR) is 96.4 cm³/mol. The van der Waals surface area contributed by atoms with E-state index in [1.54, 1.807) is 4.90 Å². The SMILES string of the molecule is O=C(NCc1ccc2c(c1)OCO2)C1CC(=O)N(CCN2CCOCC2)C1. The van der Waals surface area contributed by atoms with Crippen LogP contribution < -0.4 is 14.8 Å². The number of nitrogens with one attached hydrogen (secondary N) is 1. The Hall–Kier alpha value is -2.32. The lowest BCUT2D eigenvalue weighted by Crippen LogP contribution is -2.42. The van der Waals surface area contributed by atoms with Crippen LogP contribution in [0.1, 0.15) is 12.0 Å². The fraction of sp³-hybridized carbons (Fsp3) is 0.579. The summed E-state index contributed by atoms with van der Waals surface area (Å²) in [6.45, 7) is 5.95. The van der Waals surface area contributed by atoms with Crippen LogP contribution in [0.4, 0.5) is 0 Å². The number of carbonyl (C=O) groups is 2. The van der Waals surface area contributed by atoms with Gasteiger partial charge in [0.05, 0.1) is 19.1 Å². The van der Waals surface area contributed by atoms with Gasteiger partial charge in [-0.3, -0.25) is 14.5 Å². The first kappa shape index (κ1) is 18.1. The number of carbonyl (C=O) groups excluding carboxylic acids is 2. The standard InChI is InChI=1S/C19H25N3O5/c23-18-10-15(12-22(18)4-3-21-5-7-25-8-6-21)19(24)20-11-14-1-2-16-17(9-14)27-13-26-16/h1-2,9,15H,3-8,10-13H2,(H,20,24). The maximum atomic E-state index is 12.5. The summed E-state index contributed by atoms with van der Waals surface area (Å²) in [6, 6.07) is 5.62. The molecule has 0 aromatic heterocycles. The van der Waals surface area contributed by atoms with Crippen molar-refractivity contribution in [2.75, 3.05) is 52.7 Å². The molecule has 2 fully saturated rings. The van der Waals surface area contributed by atoms with Gasteiger partial charge in [-0.2, -0.15) is 0 Å². The number of nitrogens with zero attached hydrogens (tertiary/aromatic N) is 2. The minimum Gasteiger partial charge on any atom is -0.454 e. The summed E-state index contributed by atoms with van der Waals surface area (Å²) in [5.74, 6) is 1.13. The number of benzene rings is 1. The summed E-state index contributed by atoms with van der Waals surface area (Å²) < 4.78 is 16.0. The number of amides is 2. The van der Waals surface area contributed by atoms with E-state index < -0.39 is 0 Å². The maximum Gasteiger partial charge on any atom is 0.231 e. The van der Waals surface area contributed by atoms with Gasteiger partial charge < -0.3 is 24.4 Å². The van der Waals surface area contributed by atoms with Gasteiger partial charge in [-0.05, 0) is 17.7 Å². The molecule has 8 nitrogen and oxygen atoms in total. The first-order valence-corrected chi connectivity index (χ1v) is 9.43. The second-order valence-electron chi connectivity index (χ2n) is 7.10. The summed E-state index contributed by atoms with van der Waals surface area (Å²) in [5, 5.41) is 2.94. The molecule has 1 aromatic carbocycles. The average molecular weight is 375 g/mol. The lowest BCUT2D eigenvalue weighted by molar-refractivity contribution is -0.129. The summed E-state index contributed by atoms with van der Waals surface area (Å²) >= 11 is 0. The van der Waals surface area contributed by atoms with E-state index in [0.717, 1.165) is 44.2 Å². The second kappa shape index (κ2) is 8.14. The minimum atomic E-state index is -0.281. The highest BCUT2D eigenvalue weighted by Gasteiger charge is 2.34. The number of hydrogen-bond donors (Lipinski definition) is 1. The van der Waals surface area contributed by atoms with Crippen LogP contribution in [-0.4, -0.2) is 74.3 Å². The van der Waals surface area contributed by atoms with Crippen molar-refractivity contribution in [3.63, 3.8) is 0 Å². The van der Waals surface area contributed by atoms with Crippen molar-refractivity contribution < 1.29 is 23.8 Å². The molecule has 2 saturated heterocycles. The molecule has 146 valence electrons. The van der Waals surface area contributed by atoms with Crippen molar-refractivity contribution in [2.24, 2.45) is 5.92 Å². The lowest BCUT2D eigenvalue weighted by Gasteiger charge is -2.28. The van der Waals surface area contributed by atoms with E-state index in [4.69, 9.17) is 14.2 Å². The smallest absolute Gasteiger partial charge is 0.231 e. The average Bonchev–Trinajstić information content (AvgIpc) is 3.31. The molecule has 8 heteroatoms. The van der Waals surface area contributed by atoms with Gasteiger partial charge in [-0.15, -0.1) is 0 Å². The van der Waals surface area contributed by atoms with Gasteiger partial charge in [0.1, 0.15) is 0 Å². The van der Waals surface area contributed by atoms with Crippen molar-refractivity contribution in [1.82, 2.24) is 15.1 Å². The molecule has 1 N–H and O–H groups in total. The van der Waals surface area contributed by atoms with E-state index in [0.29, 0.717) is 25.4 Å². The van der Waals surface area contributed by atoms with Crippen LogP contribution in [-0.2, 0) is 20.9 Å². The van der Waals surface area contributed by atoms with Crippen molar-refractivity contribution in [3.05, 3.63) is 23.8 Å². The summed E-state index contributed by atoms with van der Waals surface area (Å²) in [4.78, 5) is 28.8. The van der Waals surface area contributed by atoms with Gasteiger partial charge in [0.2, 0.25) is 18.6 Å². The molecule has 0 saturated carbocycles. The Balaban J connectivity index is 1.23. The Kier molecular flexibility index (Phi) is 5.45. The lowest BCUT2D eigenvalue weighted by atomic mass is 10.1. The molecule has 3 heterocycles. The molecule has 1 unspecified atom stereocenters. The monoisotopic (exact) mass is 375 g/mol. The van der Waals surface area contributed by atoms with Crippen LogP contribution in [0.5, 0.6) is 11.5 Å². The third-order valence-corrected chi connectivity index (χ3v) is 5.28. The molecule has 0 bridgehead atoms. The molecule has 4 rings (SSSR count). The van der Waals surface area contributed by atoms with E-state index in [2.05, 4.69) is 10.2 Å². The topological polar surface area (TPSA) is 80.3 Å². The van der Waals surface area contributed by atoms with Crippen LogP contribution in [0.3, 0.4) is 0 Å². The molecule has 27 heavy (non-hydrogen) atoms. The summed E-state index contributed by atoms with van der Waals surface area (Å²) in [7, 11) is 0. The van der Waals surface area contributed by atoms with Gasteiger partial charge in [-0.1, -0.05) is 6.07 Å². The highest BCUT2D eigenvalue weighted by molar-refractivity contribution is 5.89. The van der Waals surface area contributed by atoms with Gasteiger partial charge in [-0.25, -0.2) is 0 Å². The van der Waals surface area contributed by atoms with Gasteiger partial charge in [0.25, 0.3) is 0 Å². The van der Waals surface area contributed by atoms with E-state index in [1.807, 2.05) is 18.2 Å². The number of rotatable bonds is 6. The summed E-state index contributed by atoms with van der Waals surface area (Å²) in [6.07, 6.45) is 0.288. The van der Waals surface area contributed by atoms with E-state index in [9.17, 15) is 9.59 Å². The third kappa shape index (κ3) is 4.33. The second-order valence-corrected chi connectivity index (χ2v) is 7.10. The quantitative estimate of drug-likeness (QED) is 0.766. The van der Waals surface area contributed by atoms with E-state index in [1.165, 1.54) is 0 Å². The molecule has 3 aliphatic rings. The Morgan fingerprint density at radius 1 is 1.15 bits per heavy atom. The Bertz CT molecular complexity index is 705. The van der Waals surface area contributed by atoms with E-state index in [-0.39, 0.29) is 30.9 Å². The van der Waals surface area contributed by atoms with Gasteiger partial charge in [0, 0.05) is 45.7 Å². The van der Waals surface area contributed by atoms with Gasteiger partial charge >= 0.3 is 0 Å². The molecule has 1 aromatic rings. The molecule has 0 radical (unpaired) electrons. The van der Waals surface area contributed by atoms with E-state index >= 15 is 0 Å². The van der Waals surface area contributed by atoms with Gasteiger partial charge in [0.15, 0.2) is 11.5 Å². The molecule has 0 aliphatic carbocycles. The molecule has 3 aliphatic heterocycles. The van der Waals surface area contributed by atoms with Crippen LogP contribution in [0, 0.1) is 5.92 Å². The minimum absolute atomic E-state index is 0.0616. The first-order chi connectivity index (χ1) is 13.2. The van der Waals surface area contributed by atoms with Crippen molar-refractivity contribution in [1.29, 1.82) is 0 Å². The zero-order chi connectivity index (χ0) is 18.6. The maximum absolute atomic E-state index is 12.5. The first-order valence-electron chi connectivity index (χ1n) is 9.43. The fourth-order valence-corrected chi connectivity index (χ4v) is 3.64. The highest BCUT2D eigenvalue weighted by atomic mass is 16.7. The zero-order valence-corrected chi connectivity index (χ0v) is 15.3. The van der Waals surface area contributed by atoms with Crippen molar-refractivity contribution >= 4 is 11.8 Å². The molecule has 0 spiro atoms. The molecular formula is C19H25N3O5. The Morgan fingerprint density at radius 3 is 2.81 bits per heavy atom. The normalized spacial score (nSPS) is 22.3. The zero-order valence-electron chi connectivity index (χ0n) is 15.3. The largest absolute Gasteiger partial charge is 0.454 e.